The molecule has 0 saturated carbocycles. The van der Waals surface area contributed by atoms with Crippen LogP contribution in [0, 0.1) is 0 Å². The molecule has 3 N–H and O–H groups in total. The lowest BCUT2D eigenvalue weighted by Gasteiger charge is -2.04. The summed E-state index contributed by atoms with van der Waals surface area (Å²) in [7, 11) is 0. The predicted molar refractivity (Wildman–Crippen MR) is 58.6 cm³/mol. The molecule has 0 aliphatic carbocycles. The van der Waals surface area contributed by atoms with E-state index < -0.39 is 11.8 Å². The molecule has 6 heteroatoms. The second-order valence-corrected chi connectivity index (χ2v) is 3.28. The molecule has 0 heterocycles. The first kappa shape index (κ1) is 12.5. The molecule has 0 aliphatic rings. The number of rotatable bonds is 5. The van der Waals surface area contributed by atoms with Gasteiger partial charge >= 0.3 is 0 Å². The Labute approximate surface area is 97.5 Å². The van der Waals surface area contributed by atoms with Gasteiger partial charge in [-0.1, -0.05) is 12.1 Å². The Hall–Kier alpha value is -1.59. The van der Waals surface area contributed by atoms with Crippen LogP contribution in [0.4, 0.5) is 0 Å². The molecule has 0 atom stereocenters. The van der Waals surface area contributed by atoms with Crippen LogP contribution in [0.5, 0.6) is 0 Å². The standard InChI is InChI=1S/C10H11ClN2O3/c11-5-7-1-3-8(4-2-7)10(15)13-16-6-9(12)14/h1-4H,5-6H2,(H2,12,14)(H,13,15). The number of alkyl halides is 1. The van der Waals surface area contributed by atoms with Crippen LogP contribution in [-0.4, -0.2) is 18.4 Å². The zero-order valence-electron chi connectivity index (χ0n) is 8.40. The number of benzene rings is 1. The van der Waals surface area contributed by atoms with E-state index in [2.05, 4.69) is 10.3 Å². The van der Waals surface area contributed by atoms with Crippen LogP contribution in [0.25, 0.3) is 0 Å². The first-order valence-electron chi connectivity index (χ1n) is 4.49. The van der Waals surface area contributed by atoms with Gasteiger partial charge < -0.3 is 5.73 Å². The van der Waals surface area contributed by atoms with Crippen molar-refractivity contribution in [3.8, 4) is 0 Å². The molecule has 1 aromatic rings. The van der Waals surface area contributed by atoms with Crippen molar-refractivity contribution < 1.29 is 14.4 Å². The van der Waals surface area contributed by atoms with Crippen molar-refractivity contribution in [1.29, 1.82) is 0 Å². The number of primary amides is 1. The largest absolute Gasteiger partial charge is 0.368 e. The minimum absolute atomic E-state index is 0.356. The number of carbonyl (C=O) groups excluding carboxylic acids is 2. The van der Waals surface area contributed by atoms with E-state index >= 15 is 0 Å². The zero-order chi connectivity index (χ0) is 12.0. The van der Waals surface area contributed by atoms with Gasteiger partial charge in [0.15, 0.2) is 6.61 Å². The third-order valence-corrected chi connectivity index (χ3v) is 2.06. The fourth-order valence-corrected chi connectivity index (χ4v) is 1.16. The molecule has 0 unspecified atom stereocenters. The molecular formula is C10H11ClN2O3. The van der Waals surface area contributed by atoms with Crippen molar-refractivity contribution in [3.63, 3.8) is 0 Å². The first-order valence-corrected chi connectivity index (χ1v) is 5.02. The maximum atomic E-state index is 11.4. The normalized spacial score (nSPS) is 9.81. The number of carbonyl (C=O) groups is 2. The van der Waals surface area contributed by atoms with E-state index in [1.165, 1.54) is 0 Å². The summed E-state index contributed by atoms with van der Waals surface area (Å²) in [6.07, 6.45) is 0. The fraction of sp³-hybridized carbons (Fsp3) is 0.200. The Bertz CT molecular complexity index is 378. The highest BCUT2D eigenvalue weighted by atomic mass is 35.5. The van der Waals surface area contributed by atoms with E-state index in [0.717, 1.165) is 5.56 Å². The van der Waals surface area contributed by atoms with E-state index in [-0.39, 0.29) is 6.61 Å². The Morgan fingerprint density at radius 3 is 2.44 bits per heavy atom. The number of hydrogen-bond acceptors (Lipinski definition) is 3. The molecule has 16 heavy (non-hydrogen) atoms. The van der Waals surface area contributed by atoms with Gasteiger partial charge in [0.2, 0.25) is 5.91 Å². The van der Waals surface area contributed by atoms with E-state index in [4.69, 9.17) is 17.3 Å². The Morgan fingerprint density at radius 2 is 1.94 bits per heavy atom. The number of nitrogens with one attached hydrogen (secondary N) is 1. The van der Waals surface area contributed by atoms with E-state index in [1.54, 1.807) is 24.3 Å². The summed E-state index contributed by atoms with van der Waals surface area (Å²) in [6, 6.07) is 6.69. The van der Waals surface area contributed by atoms with Gasteiger partial charge in [0.25, 0.3) is 5.91 Å². The summed E-state index contributed by atoms with van der Waals surface area (Å²) in [6.45, 7) is -0.356. The molecule has 0 aliphatic heterocycles. The fourth-order valence-electron chi connectivity index (χ4n) is 0.977. The van der Waals surface area contributed by atoms with Crippen LogP contribution >= 0.6 is 11.6 Å². The summed E-state index contributed by atoms with van der Waals surface area (Å²) in [4.78, 5) is 26.3. The summed E-state index contributed by atoms with van der Waals surface area (Å²) in [5.41, 5.74) is 8.25. The maximum Gasteiger partial charge on any atom is 0.274 e. The molecule has 0 radical (unpaired) electrons. The molecule has 0 spiro atoms. The van der Waals surface area contributed by atoms with E-state index in [9.17, 15) is 9.59 Å². The molecule has 0 fully saturated rings. The number of hydroxylamine groups is 1. The summed E-state index contributed by atoms with van der Waals surface area (Å²) < 4.78 is 0. The van der Waals surface area contributed by atoms with Gasteiger partial charge in [0, 0.05) is 11.4 Å². The number of halogens is 1. The smallest absolute Gasteiger partial charge is 0.274 e. The van der Waals surface area contributed by atoms with Crippen LogP contribution in [-0.2, 0) is 15.5 Å². The molecule has 86 valence electrons. The van der Waals surface area contributed by atoms with Gasteiger partial charge in [-0.15, -0.1) is 11.6 Å². The van der Waals surface area contributed by atoms with Crippen LogP contribution in [0.1, 0.15) is 15.9 Å². The second kappa shape index (κ2) is 6.09. The van der Waals surface area contributed by atoms with Crippen LogP contribution in [0.3, 0.4) is 0 Å². The SMILES string of the molecule is NC(=O)CONC(=O)c1ccc(CCl)cc1. The molecule has 0 bridgehead atoms. The third-order valence-electron chi connectivity index (χ3n) is 1.75. The highest BCUT2D eigenvalue weighted by molar-refractivity contribution is 6.17. The molecule has 2 amide bonds. The monoisotopic (exact) mass is 242 g/mol. The lowest BCUT2D eigenvalue weighted by atomic mass is 10.1. The predicted octanol–water partition coefficient (Wildman–Crippen LogP) is 0.572. The lowest BCUT2D eigenvalue weighted by molar-refractivity contribution is -0.124. The van der Waals surface area contributed by atoms with Crippen LogP contribution in [0.15, 0.2) is 24.3 Å². The van der Waals surface area contributed by atoms with Crippen LogP contribution < -0.4 is 11.2 Å². The Balaban J connectivity index is 2.49. The Morgan fingerprint density at radius 1 is 1.31 bits per heavy atom. The minimum atomic E-state index is -0.655. The second-order valence-electron chi connectivity index (χ2n) is 3.02. The van der Waals surface area contributed by atoms with Crippen molar-refractivity contribution in [2.45, 2.75) is 5.88 Å². The van der Waals surface area contributed by atoms with Crippen molar-refractivity contribution in [2.75, 3.05) is 6.61 Å². The molecule has 0 saturated heterocycles. The summed E-state index contributed by atoms with van der Waals surface area (Å²) in [5, 5.41) is 0. The molecule has 1 aromatic carbocycles. The highest BCUT2D eigenvalue weighted by Crippen LogP contribution is 2.06. The third kappa shape index (κ3) is 3.88. The van der Waals surface area contributed by atoms with Crippen molar-refractivity contribution in [3.05, 3.63) is 35.4 Å². The highest BCUT2D eigenvalue weighted by Gasteiger charge is 2.05. The quantitative estimate of drug-likeness (QED) is 0.585. The summed E-state index contributed by atoms with van der Waals surface area (Å²) >= 11 is 5.60. The van der Waals surface area contributed by atoms with Gasteiger partial charge in [-0.05, 0) is 17.7 Å². The van der Waals surface area contributed by atoms with E-state index in [1.807, 2.05) is 0 Å². The number of hydrogen-bond donors (Lipinski definition) is 2. The van der Waals surface area contributed by atoms with Gasteiger partial charge in [-0.2, -0.15) is 0 Å². The average Bonchev–Trinajstić information content (AvgIpc) is 2.28. The van der Waals surface area contributed by atoms with Crippen molar-refractivity contribution in [1.82, 2.24) is 5.48 Å². The number of amides is 2. The van der Waals surface area contributed by atoms with Gasteiger partial charge in [0.1, 0.15) is 0 Å². The average molecular weight is 243 g/mol. The van der Waals surface area contributed by atoms with Gasteiger partial charge in [0.05, 0.1) is 0 Å². The zero-order valence-corrected chi connectivity index (χ0v) is 9.16. The Kier molecular flexibility index (Phi) is 4.75. The molecule has 0 aromatic heterocycles. The summed E-state index contributed by atoms with van der Waals surface area (Å²) in [5.74, 6) is -0.708. The molecular weight excluding hydrogens is 232 g/mol. The van der Waals surface area contributed by atoms with Crippen molar-refractivity contribution >= 4 is 23.4 Å². The van der Waals surface area contributed by atoms with Crippen molar-refractivity contribution in [2.24, 2.45) is 5.73 Å². The molecule has 1 rings (SSSR count). The van der Waals surface area contributed by atoms with E-state index in [0.29, 0.717) is 11.4 Å². The minimum Gasteiger partial charge on any atom is -0.368 e. The lowest BCUT2D eigenvalue weighted by Crippen LogP contribution is -2.29. The topological polar surface area (TPSA) is 81.4 Å². The van der Waals surface area contributed by atoms with Gasteiger partial charge in [-0.3, -0.25) is 14.4 Å². The van der Waals surface area contributed by atoms with Crippen LogP contribution in [0.2, 0.25) is 0 Å². The van der Waals surface area contributed by atoms with Gasteiger partial charge in [-0.25, -0.2) is 5.48 Å². The molecule has 5 nitrogen and oxygen atoms in total. The first-order chi connectivity index (χ1) is 7.63. The number of nitrogens with two attached hydrogens (primary N) is 1. The maximum absolute atomic E-state index is 11.4.